The number of hydrogen-bond acceptors (Lipinski definition) is 5. The highest BCUT2D eigenvalue weighted by Crippen LogP contribution is 2.39. The Hall–Kier alpha value is -2.05. The third kappa shape index (κ3) is 2.99. The molecule has 0 bridgehead atoms. The number of carbonyl (C=O) groups excluding carboxylic acids is 1. The van der Waals surface area contributed by atoms with Gasteiger partial charge in [0.05, 0.1) is 0 Å². The monoisotopic (exact) mass is 250 g/mol. The van der Waals surface area contributed by atoms with Crippen molar-refractivity contribution in [1.29, 1.82) is 0 Å². The number of nitrogen functional groups attached to an aromatic ring is 1. The molecule has 98 valence electrons. The highest BCUT2D eigenvalue weighted by Gasteiger charge is 2.27. The van der Waals surface area contributed by atoms with Crippen LogP contribution in [0.5, 0.6) is 0 Å². The van der Waals surface area contributed by atoms with Crippen molar-refractivity contribution >= 4 is 17.7 Å². The number of urea groups is 1. The highest BCUT2D eigenvalue weighted by molar-refractivity contribution is 5.71. The van der Waals surface area contributed by atoms with E-state index in [1.54, 1.807) is 0 Å². The molecule has 2 rings (SSSR count). The van der Waals surface area contributed by atoms with Gasteiger partial charge in [-0.05, 0) is 19.8 Å². The summed E-state index contributed by atoms with van der Waals surface area (Å²) in [6.45, 7) is 2.86. The summed E-state index contributed by atoms with van der Waals surface area (Å²) >= 11 is 0. The maximum absolute atomic E-state index is 10.5. The van der Waals surface area contributed by atoms with E-state index in [1.807, 2.05) is 6.92 Å². The van der Waals surface area contributed by atoms with E-state index >= 15 is 0 Å². The number of nitrogens with one attached hydrogen (secondary N) is 2. The SMILES string of the molecule is Cc1c(N)nc(C2CC2)nc1NCCNC(N)=O. The van der Waals surface area contributed by atoms with Crippen LogP contribution in [0.1, 0.15) is 30.1 Å². The summed E-state index contributed by atoms with van der Waals surface area (Å²) in [5.41, 5.74) is 11.7. The standard InChI is InChI=1S/C11H18N6O/c1-6-8(12)16-10(7-2-3-7)17-9(6)14-4-5-15-11(13)18/h7H,2-5H2,1H3,(H3,13,15,18)(H3,12,14,16,17). The van der Waals surface area contributed by atoms with Crippen LogP contribution in [0.15, 0.2) is 0 Å². The molecule has 0 atom stereocenters. The number of anilines is 2. The zero-order valence-corrected chi connectivity index (χ0v) is 10.4. The van der Waals surface area contributed by atoms with Crippen molar-refractivity contribution in [3.8, 4) is 0 Å². The molecular weight excluding hydrogens is 232 g/mol. The third-order valence-corrected chi connectivity index (χ3v) is 2.86. The zero-order chi connectivity index (χ0) is 13.1. The topological polar surface area (TPSA) is 119 Å². The molecule has 6 N–H and O–H groups in total. The summed E-state index contributed by atoms with van der Waals surface area (Å²) in [5.74, 6) is 2.51. The molecule has 2 amide bonds. The van der Waals surface area contributed by atoms with E-state index in [2.05, 4.69) is 20.6 Å². The summed E-state index contributed by atoms with van der Waals surface area (Å²) in [4.78, 5) is 19.3. The largest absolute Gasteiger partial charge is 0.383 e. The van der Waals surface area contributed by atoms with Gasteiger partial charge in [-0.3, -0.25) is 0 Å². The van der Waals surface area contributed by atoms with Crippen LogP contribution < -0.4 is 22.1 Å². The fourth-order valence-electron chi connectivity index (χ4n) is 1.61. The number of carbonyl (C=O) groups is 1. The van der Waals surface area contributed by atoms with E-state index in [0.717, 1.165) is 30.0 Å². The molecule has 1 aromatic heterocycles. The van der Waals surface area contributed by atoms with Gasteiger partial charge in [-0.2, -0.15) is 0 Å². The number of nitrogens with two attached hydrogens (primary N) is 2. The second-order valence-electron chi connectivity index (χ2n) is 4.43. The molecule has 7 heteroatoms. The molecule has 1 heterocycles. The van der Waals surface area contributed by atoms with Crippen molar-refractivity contribution in [2.24, 2.45) is 5.73 Å². The molecule has 0 saturated heterocycles. The normalized spacial score (nSPS) is 14.3. The van der Waals surface area contributed by atoms with Gasteiger partial charge in [0.25, 0.3) is 0 Å². The minimum absolute atomic E-state index is 0.442. The summed E-state index contributed by atoms with van der Waals surface area (Å²) < 4.78 is 0. The molecule has 0 aliphatic heterocycles. The average Bonchev–Trinajstić information content (AvgIpc) is 3.13. The van der Waals surface area contributed by atoms with Gasteiger partial charge in [-0.25, -0.2) is 14.8 Å². The minimum Gasteiger partial charge on any atom is -0.383 e. The van der Waals surface area contributed by atoms with Crippen LogP contribution in [0, 0.1) is 6.92 Å². The molecule has 1 aliphatic rings. The Kier molecular flexibility index (Phi) is 3.50. The van der Waals surface area contributed by atoms with Crippen molar-refractivity contribution in [2.75, 3.05) is 24.1 Å². The fraction of sp³-hybridized carbons (Fsp3) is 0.545. The average molecular weight is 250 g/mol. The second-order valence-corrected chi connectivity index (χ2v) is 4.43. The summed E-state index contributed by atoms with van der Waals surface area (Å²) in [6.07, 6.45) is 2.26. The molecule has 1 aromatic rings. The summed E-state index contributed by atoms with van der Waals surface area (Å²) in [7, 11) is 0. The number of aromatic nitrogens is 2. The van der Waals surface area contributed by atoms with Crippen LogP contribution in [-0.2, 0) is 0 Å². The second kappa shape index (κ2) is 5.07. The molecule has 18 heavy (non-hydrogen) atoms. The maximum Gasteiger partial charge on any atom is 0.312 e. The summed E-state index contributed by atoms with van der Waals surface area (Å²) in [6, 6.07) is -0.533. The highest BCUT2D eigenvalue weighted by atomic mass is 16.2. The van der Waals surface area contributed by atoms with Crippen LogP contribution in [0.4, 0.5) is 16.4 Å². The lowest BCUT2D eigenvalue weighted by Gasteiger charge is -2.11. The third-order valence-electron chi connectivity index (χ3n) is 2.86. The molecule has 1 aliphatic carbocycles. The zero-order valence-electron chi connectivity index (χ0n) is 10.4. The number of rotatable bonds is 5. The molecule has 0 radical (unpaired) electrons. The van der Waals surface area contributed by atoms with Crippen molar-refractivity contribution in [2.45, 2.75) is 25.7 Å². The molecule has 0 aromatic carbocycles. The first-order chi connectivity index (χ1) is 8.58. The van der Waals surface area contributed by atoms with Gasteiger partial charge >= 0.3 is 6.03 Å². The summed E-state index contributed by atoms with van der Waals surface area (Å²) in [5, 5.41) is 5.63. The Bertz CT molecular complexity index is 457. The number of amides is 2. The molecule has 1 fully saturated rings. The van der Waals surface area contributed by atoms with Gasteiger partial charge in [0.2, 0.25) is 0 Å². The molecule has 1 saturated carbocycles. The lowest BCUT2D eigenvalue weighted by Crippen LogP contribution is -2.33. The van der Waals surface area contributed by atoms with Crippen LogP contribution in [0.3, 0.4) is 0 Å². The predicted octanol–water partition coefficient (Wildman–Crippen LogP) is 0.325. The fourth-order valence-corrected chi connectivity index (χ4v) is 1.61. The molecular formula is C11H18N6O. The van der Waals surface area contributed by atoms with Crippen LogP contribution in [0.25, 0.3) is 0 Å². The number of primary amides is 1. The van der Waals surface area contributed by atoms with Gasteiger partial charge in [0.1, 0.15) is 17.5 Å². The maximum atomic E-state index is 10.5. The van der Waals surface area contributed by atoms with Crippen LogP contribution in [-0.4, -0.2) is 29.1 Å². The molecule has 0 unspecified atom stereocenters. The van der Waals surface area contributed by atoms with E-state index in [4.69, 9.17) is 11.5 Å². The Labute approximate surface area is 105 Å². The first kappa shape index (κ1) is 12.4. The van der Waals surface area contributed by atoms with Gasteiger partial charge in [0, 0.05) is 24.6 Å². The Morgan fingerprint density at radius 3 is 2.72 bits per heavy atom. The van der Waals surface area contributed by atoms with Gasteiger partial charge in [-0.15, -0.1) is 0 Å². The quantitative estimate of drug-likeness (QED) is 0.561. The Morgan fingerprint density at radius 2 is 2.11 bits per heavy atom. The van der Waals surface area contributed by atoms with Gasteiger partial charge in [0.15, 0.2) is 0 Å². The van der Waals surface area contributed by atoms with Crippen molar-refractivity contribution < 1.29 is 4.79 Å². The Balaban J connectivity index is 1.99. The van der Waals surface area contributed by atoms with Gasteiger partial charge < -0.3 is 22.1 Å². The van der Waals surface area contributed by atoms with E-state index in [0.29, 0.717) is 24.8 Å². The van der Waals surface area contributed by atoms with E-state index < -0.39 is 6.03 Å². The van der Waals surface area contributed by atoms with E-state index in [1.165, 1.54) is 0 Å². The van der Waals surface area contributed by atoms with Crippen molar-refractivity contribution in [3.63, 3.8) is 0 Å². The molecule has 0 spiro atoms. The van der Waals surface area contributed by atoms with Crippen molar-refractivity contribution in [1.82, 2.24) is 15.3 Å². The Morgan fingerprint density at radius 1 is 1.39 bits per heavy atom. The van der Waals surface area contributed by atoms with Crippen LogP contribution >= 0.6 is 0 Å². The molecule has 7 nitrogen and oxygen atoms in total. The predicted molar refractivity (Wildman–Crippen MR) is 69.2 cm³/mol. The van der Waals surface area contributed by atoms with Crippen molar-refractivity contribution in [3.05, 3.63) is 11.4 Å². The van der Waals surface area contributed by atoms with Gasteiger partial charge in [-0.1, -0.05) is 0 Å². The number of hydrogen-bond donors (Lipinski definition) is 4. The lowest BCUT2D eigenvalue weighted by molar-refractivity contribution is 0.249. The lowest BCUT2D eigenvalue weighted by atomic mass is 10.3. The first-order valence-corrected chi connectivity index (χ1v) is 5.99. The van der Waals surface area contributed by atoms with E-state index in [9.17, 15) is 4.79 Å². The first-order valence-electron chi connectivity index (χ1n) is 5.99. The number of nitrogens with zero attached hydrogens (tertiary/aromatic N) is 2. The minimum atomic E-state index is -0.533. The van der Waals surface area contributed by atoms with Crippen LogP contribution in [0.2, 0.25) is 0 Å². The smallest absolute Gasteiger partial charge is 0.312 e. The van der Waals surface area contributed by atoms with E-state index in [-0.39, 0.29) is 0 Å².